The van der Waals surface area contributed by atoms with E-state index in [1.165, 1.54) is 12.1 Å². The molecule has 2 amide bonds. The highest BCUT2D eigenvalue weighted by Gasteiger charge is 2.38. The lowest BCUT2D eigenvalue weighted by Gasteiger charge is -2.28. The molecule has 2 fully saturated rings. The van der Waals surface area contributed by atoms with Crippen LogP contribution in [0.5, 0.6) is 0 Å². The Balaban J connectivity index is 1.39. The van der Waals surface area contributed by atoms with Crippen LogP contribution in [0.15, 0.2) is 30.5 Å². The molecule has 0 unspecified atom stereocenters. The molecular formula is C18H22FN5O3. The van der Waals surface area contributed by atoms with Gasteiger partial charge in [0.25, 0.3) is 0 Å². The fourth-order valence-corrected chi connectivity index (χ4v) is 3.32. The van der Waals surface area contributed by atoms with E-state index in [2.05, 4.69) is 20.9 Å². The molecular weight excluding hydrogens is 353 g/mol. The zero-order valence-corrected chi connectivity index (χ0v) is 14.7. The predicted octanol–water partition coefficient (Wildman–Crippen LogP) is 1.06. The van der Waals surface area contributed by atoms with Crippen LogP contribution in [0, 0.1) is 5.82 Å². The van der Waals surface area contributed by atoms with E-state index in [-0.39, 0.29) is 24.5 Å². The quantitative estimate of drug-likeness (QED) is 0.726. The van der Waals surface area contributed by atoms with E-state index >= 15 is 0 Å². The largest absolute Gasteiger partial charge is 0.388 e. The smallest absolute Gasteiger partial charge is 0.315 e. The van der Waals surface area contributed by atoms with Gasteiger partial charge in [-0.05, 0) is 31.4 Å². The van der Waals surface area contributed by atoms with Crippen molar-refractivity contribution in [3.63, 3.8) is 0 Å². The van der Waals surface area contributed by atoms with E-state index in [4.69, 9.17) is 4.74 Å². The molecule has 0 radical (unpaired) electrons. The average molecular weight is 375 g/mol. The summed E-state index contributed by atoms with van der Waals surface area (Å²) in [5.74, 6) is -0.342. The number of aliphatic hydroxyl groups is 1. The summed E-state index contributed by atoms with van der Waals surface area (Å²) in [6, 6.07) is 5.51. The molecule has 2 heterocycles. The molecule has 2 aromatic rings. The summed E-state index contributed by atoms with van der Waals surface area (Å²) in [6.45, 7) is 0.457. The number of benzene rings is 1. The molecule has 27 heavy (non-hydrogen) atoms. The summed E-state index contributed by atoms with van der Waals surface area (Å²) in [6.07, 6.45) is 3.57. The molecule has 1 aliphatic carbocycles. The van der Waals surface area contributed by atoms with Crippen LogP contribution in [-0.2, 0) is 11.3 Å². The molecule has 9 heteroatoms. The van der Waals surface area contributed by atoms with Gasteiger partial charge < -0.3 is 20.5 Å². The number of carbonyl (C=O) groups excluding carboxylic acids is 1. The van der Waals surface area contributed by atoms with E-state index in [9.17, 15) is 14.3 Å². The Morgan fingerprint density at radius 1 is 1.37 bits per heavy atom. The monoisotopic (exact) mass is 375 g/mol. The molecule has 8 nitrogen and oxygen atoms in total. The number of urea groups is 1. The van der Waals surface area contributed by atoms with Crippen LogP contribution in [0.25, 0.3) is 11.3 Å². The second-order valence-corrected chi connectivity index (χ2v) is 7.05. The molecule has 2 aliphatic rings. The zero-order valence-electron chi connectivity index (χ0n) is 14.7. The summed E-state index contributed by atoms with van der Waals surface area (Å²) >= 11 is 0. The molecule has 3 atom stereocenters. The van der Waals surface area contributed by atoms with Crippen LogP contribution in [0.3, 0.4) is 0 Å². The summed E-state index contributed by atoms with van der Waals surface area (Å²) in [5, 5.41) is 24.0. The molecule has 0 bridgehead atoms. The number of aromatic nitrogens is 3. The Labute approximate surface area is 155 Å². The van der Waals surface area contributed by atoms with Gasteiger partial charge in [0.2, 0.25) is 0 Å². The van der Waals surface area contributed by atoms with Gasteiger partial charge in [-0.1, -0.05) is 17.3 Å². The van der Waals surface area contributed by atoms with Crippen molar-refractivity contribution in [1.82, 2.24) is 25.6 Å². The summed E-state index contributed by atoms with van der Waals surface area (Å²) in [4.78, 5) is 12.1. The molecule has 1 aliphatic heterocycles. The van der Waals surface area contributed by atoms with Gasteiger partial charge in [-0.2, -0.15) is 0 Å². The second kappa shape index (κ2) is 7.61. The Kier molecular flexibility index (Phi) is 5.04. The maximum absolute atomic E-state index is 13.4. The second-order valence-electron chi connectivity index (χ2n) is 7.05. The van der Waals surface area contributed by atoms with Crippen molar-refractivity contribution in [1.29, 1.82) is 0 Å². The van der Waals surface area contributed by atoms with Crippen molar-refractivity contribution < 1.29 is 19.0 Å². The van der Waals surface area contributed by atoms with Crippen molar-refractivity contribution in [3.8, 4) is 11.3 Å². The first-order valence-electron chi connectivity index (χ1n) is 9.11. The van der Waals surface area contributed by atoms with Gasteiger partial charge in [0.05, 0.1) is 25.4 Å². The van der Waals surface area contributed by atoms with Crippen LogP contribution in [-0.4, -0.2) is 57.0 Å². The highest BCUT2D eigenvalue weighted by Crippen LogP contribution is 2.21. The highest BCUT2D eigenvalue weighted by atomic mass is 19.1. The van der Waals surface area contributed by atoms with E-state index < -0.39 is 18.2 Å². The van der Waals surface area contributed by atoms with Gasteiger partial charge in [0.1, 0.15) is 23.7 Å². The summed E-state index contributed by atoms with van der Waals surface area (Å²) in [5.41, 5.74) is 1.17. The first-order chi connectivity index (χ1) is 13.1. The van der Waals surface area contributed by atoms with Crippen LogP contribution < -0.4 is 10.6 Å². The summed E-state index contributed by atoms with van der Waals surface area (Å²) in [7, 11) is 0. The summed E-state index contributed by atoms with van der Waals surface area (Å²) < 4.78 is 20.6. The van der Waals surface area contributed by atoms with Gasteiger partial charge >= 0.3 is 6.03 Å². The van der Waals surface area contributed by atoms with Crippen LogP contribution in [0.4, 0.5) is 9.18 Å². The molecule has 0 spiro atoms. The number of hydrogen-bond acceptors (Lipinski definition) is 5. The van der Waals surface area contributed by atoms with E-state index in [1.807, 2.05) is 0 Å². The lowest BCUT2D eigenvalue weighted by molar-refractivity contribution is 0.0746. The van der Waals surface area contributed by atoms with Crippen LogP contribution in [0.1, 0.15) is 19.3 Å². The fraction of sp³-hybridized carbons (Fsp3) is 0.500. The minimum atomic E-state index is -0.784. The molecule has 1 saturated heterocycles. The van der Waals surface area contributed by atoms with Crippen LogP contribution >= 0.6 is 0 Å². The van der Waals surface area contributed by atoms with Gasteiger partial charge in [-0.25, -0.2) is 13.9 Å². The minimum Gasteiger partial charge on any atom is -0.388 e. The maximum Gasteiger partial charge on any atom is 0.315 e. The van der Waals surface area contributed by atoms with Gasteiger partial charge in [-0.15, -0.1) is 5.10 Å². The Hall–Kier alpha value is -2.52. The topological polar surface area (TPSA) is 101 Å². The van der Waals surface area contributed by atoms with Crippen molar-refractivity contribution in [2.75, 3.05) is 6.61 Å². The average Bonchev–Trinajstić information content (AvgIpc) is 3.20. The van der Waals surface area contributed by atoms with Crippen molar-refractivity contribution in [2.45, 2.75) is 50.1 Å². The molecule has 1 saturated carbocycles. The van der Waals surface area contributed by atoms with Gasteiger partial charge in [0.15, 0.2) is 0 Å². The zero-order chi connectivity index (χ0) is 18.8. The molecule has 3 N–H and O–H groups in total. The number of rotatable bonds is 5. The lowest BCUT2D eigenvalue weighted by Crippen LogP contribution is -2.54. The minimum absolute atomic E-state index is 0.143. The molecule has 1 aromatic heterocycles. The number of ether oxygens (including phenoxy) is 1. The van der Waals surface area contributed by atoms with Gasteiger partial charge in [0, 0.05) is 11.6 Å². The molecule has 1 aromatic carbocycles. The first kappa shape index (κ1) is 17.9. The van der Waals surface area contributed by atoms with E-state index in [0.717, 1.165) is 19.3 Å². The van der Waals surface area contributed by atoms with Gasteiger partial charge in [-0.3, -0.25) is 0 Å². The number of aliphatic hydroxyl groups excluding tert-OH is 1. The molecule has 144 valence electrons. The van der Waals surface area contributed by atoms with Crippen molar-refractivity contribution in [2.24, 2.45) is 0 Å². The lowest BCUT2D eigenvalue weighted by atomic mass is 9.93. The van der Waals surface area contributed by atoms with E-state index in [1.54, 1.807) is 23.0 Å². The number of halogens is 1. The highest BCUT2D eigenvalue weighted by molar-refractivity contribution is 5.74. The van der Waals surface area contributed by atoms with Crippen molar-refractivity contribution >= 4 is 6.03 Å². The van der Waals surface area contributed by atoms with Crippen molar-refractivity contribution in [3.05, 3.63) is 36.3 Å². The van der Waals surface area contributed by atoms with E-state index in [0.29, 0.717) is 17.8 Å². The van der Waals surface area contributed by atoms with Crippen LogP contribution in [0.2, 0.25) is 0 Å². The third-order valence-corrected chi connectivity index (χ3v) is 5.06. The Morgan fingerprint density at radius 2 is 2.22 bits per heavy atom. The first-order valence-corrected chi connectivity index (χ1v) is 9.11. The molecule has 4 rings (SSSR count). The Bertz CT molecular complexity index is 810. The number of nitrogens with zero attached hydrogens (tertiary/aromatic N) is 3. The predicted molar refractivity (Wildman–Crippen MR) is 94.3 cm³/mol. The number of hydrogen-bond donors (Lipinski definition) is 3. The maximum atomic E-state index is 13.4. The number of nitrogens with one attached hydrogen (secondary N) is 2. The standard InChI is InChI=1S/C18H22FN5O3/c19-12-4-1-3-11(7-12)14-8-24(23-22-14)9-16-17(15(25)10-27-16)21-18(26)20-13-5-2-6-13/h1,3-4,7-8,13,15-17,25H,2,5-6,9-10H2,(H2,20,21,26)/t15-,16+,17+/m0/s1. The normalized spacial score (nSPS) is 25.2. The third-order valence-electron chi connectivity index (χ3n) is 5.06. The third kappa shape index (κ3) is 4.09. The SMILES string of the molecule is O=C(NC1CCC1)N[C@@H]1[C@@H](O)CO[C@@H]1Cn1cc(-c2cccc(F)c2)nn1. The fourth-order valence-electron chi connectivity index (χ4n) is 3.32. The number of carbonyl (C=O) groups is 1. The number of amides is 2. The Morgan fingerprint density at radius 3 is 2.96 bits per heavy atom.